The number of aryl methyl sites for hydroxylation is 2. The molecular formula is C17H18F3N3O. The highest BCUT2D eigenvalue weighted by atomic mass is 19.4. The molecule has 0 bridgehead atoms. The fourth-order valence-electron chi connectivity index (χ4n) is 2.89. The molecule has 1 aromatic heterocycles. The Labute approximate surface area is 137 Å². The molecule has 1 aliphatic heterocycles. The number of rotatable bonds is 3. The monoisotopic (exact) mass is 337 g/mol. The summed E-state index contributed by atoms with van der Waals surface area (Å²) >= 11 is 0. The SMILES string of the molecule is CC(c1ccc(C(F)(F)F)cc1)N(C)C(=O)c1cn2c(n1)CCC2. The number of benzene rings is 1. The Morgan fingerprint density at radius 1 is 1.29 bits per heavy atom. The Kier molecular flexibility index (Phi) is 4.11. The van der Waals surface area contributed by atoms with Crippen molar-refractivity contribution in [1.29, 1.82) is 0 Å². The summed E-state index contributed by atoms with van der Waals surface area (Å²) < 4.78 is 39.9. The van der Waals surface area contributed by atoms with Crippen LogP contribution in [0.2, 0.25) is 0 Å². The predicted molar refractivity (Wildman–Crippen MR) is 82.5 cm³/mol. The molecule has 0 saturated heterocycles. The van der Waals surface area contributed by atoms with Crippen LogP contribution in [0.3, 0.4) is 0 Å². The normalized spacial score (nSPS) is 15.2. The molecule has 1 atom stereocenters. The Bertz CT molecular complexity index is 728. The lowest BCUT2D eigenvalue weighted by Crippen LogP contribution is -2.30. The molecule has 1 aliphatic rings. The van der Waals surface area contributed by atoms with E-state index in [4.69, 9.17) is 0 Å². The number of imidazole rings is 1. The minimum atomic E-state index is -4.36. The van der Waals surface area contributed by atoms with E-state index >= 15 is 0 Å². The number of aromatic nitrogens is 2. The van der Waals surface area contributed by atoms with Crippen LogP contribution in [-0.4, -0.2) is 27.4 Å². The lowest BCUT2D eigenvalue weighted by atomic mass is 10.0. The molecule has 1 aromatic carbocycles. The maximum atomic E-state index is 12.6. The van der Waals surface area contributed by atoms with Crippen molar-refractivity contribution >= 4 is 5.91 Å². The van der Waals surface area contributed by atoms with Crippen LogP contribution in [-0.2, 0) is 19.1 Å². The highest BCUT2D eigenvalue weighted by Crippen LogP contribution is 2.30. The van der Waals surface area contributed by atoms with Gasteiger partial charge in [-0.1, -0.05) is 12.1 Å². The minimum absolute atomic E-state index is 0.232. The number of nitrogens with zero attached hydrogens (tertiary/aromatic N) is 3. The van der Waals surface area contributed by atoms with Gasteiger partial charge < -0.3 is 9.47 Å². The first kappa shape index (κ1) is 16.5. The number of halogens is 3. The van der Waals surface area contributed by atoms with E-state index < -0.39 is 11.7 Å². The van der Waals surface area contributed by atoms with Crippen molar-refractivity contribution in [2.75, 3.05) is 7.05 Å². The first-order chi connectivity index (χ1) is 11.3. The average Bonchev–Trinajstić information content (AvgIpc) is 3.13. The van der Waals surface area contributed by atoms with E-state index in [1.165, 1.54) is 17.0 Å². The van der Waals surface area contributed by atoms with Crippen LogP contribution in [0.1, 0.15) is 46.8 Å². The molecule has 0 saturated carbocycles. The molecule has 4 nitrogen and oxygen atoms in total. The Morgan fingerprint density at radius 2 is 1.96 bits per heavy atom. The predicted octanol–water partition coefficient (Wildman–Crippen LogP) is 3.68. The van der Waals surface area contributed by atoms with E-state index in [2.05, 4.69) is 4.98 Å². The van der Waals surface area contributed by atoms with Crippen LogP contribution in [0.5, 0.6) is 0 Å². The lowest BCUT2D eigenvalue weighted by molar-refractivity contribution is -0.137. The molecule has 24 heavy (non-hydrogen) atoms. The molecule has 128 valence electrons. The largest absolute Gasteiger partial charge is 0.416 e. The summed E-state index contributed by atoms with van der Waals surface area (Å²) in [5.41, 5.74) is 0.328. The zero-order valence-electron chi connectivity index (χ0n) is 13.5. The number of carbonyl (C=O) groups is 1. The molecule has 0 spiro atoms. The molecule has 7 heteroatoms. The third-order valence-corrected chi connectivity index (χ3v) is 4.50. The third-order valence-electron chi connectivity index (χ3n) is 4.50. The summed E-state index contributed by atoms with van der Waals surface area (Å²) in [5, 5.41) is 0. The van der Waals surface area contributed by atoms with E-state index in [9.17, 15) is 18.0 Å². The van der Waals surface area contributed by atoms with Crippen LogP contribution >= 0.6 is 0 Å². The second-order valence-corrected chi connectivity index (χ2v) is 6.05. The summed E-state index contributed by atoms with van der Waals surface area (Å²) in [6.07, 6.45) is -0.707. The van der Waals surface area contributed by atoms with Crippen LogP contribution in [0, 0.1) is 0 Å². The van der Waals surface area contributed by atoms with Gasteiger partial charge in [-0.15, -0.1) is 0 Å². The van der Waals surface area contributed by atoms with Gasteiger partial charge in [0.05, 0.1) is 11.6 Å². The maximum absolute atomic E-state index is 12.6. The van der Waals surface area contributed by atoms with Crippen molar-refractivity contribution in [3.8, 4) is 0 Å². The van der Waals surface area contributed by atoms with E-state index in [0.29, 0.717) is 11.3 Å². The highest BCUT2D eigenvalue weighted by molar-refractivity contribution is 5.92. The van der Waals surface area contributed by atoms with Gasteiger partial charge in [0.2, 0.25) is 0 Å². The molecular weight excluding hydrogens is 319 g/mol. The van der Waals surface area contributed by atoms with Crippen LogP contribution < -0.4 is 0 Å². The molecule has 0 radical (unpaired) electrons. The van der Waals surface area contributed by atoms with Gasteiger partial charge in [-0.2, -0.15) is 13.2 Å². The van der Waals surface area contributed by atoms with Gasteiger partial charge in [-0.05, 0) is 31.0 Å². The highest BCUT2D eigenvalue weighted by Gasteiger charge is 2.30. The quantitative estimate of drug-likeness (QED) is 0.857. The van der Waals surface area contributed by atoms with Crippen molar-refractivity contribution in [3.63, 3.8) is 0 Å². The summed E-state index contributed by atoms with van der Waals surface area (Å²) in [6.45, 7) is 2.65. The van der Waals surface area contributed by atoms with Gasteiger partial charge in [-0.25, -0.2) is 4.98 Å². The molecule has 0 aliphatic carbocycles. The van der Waals surface area contributed by atoms with Gasteiger partial charge >= 0.3 is 6.18 Å². The molecule has 1 unspecified atom stereocenters. The number of amides is 1. The standard InChI is InChI=1S/C17H18F3N3O/c1-11(12-5-7-13(8-6-12)17(18,19)20)22(2)16(24)14-10-23-9-3-4-15(23)21-14/h5-8,10-11H,3-4,9H2,1-2H3. The molecule has 2 aromatic rings. The van der Waals surface area contributed by atoms with E-state index in [-0.39, 0.29) is 11.9 Å². The minimum Gasteiger partial charge on any atom is -0.334 e. The van der Waals surface area contributed by atoms with Gasteiger partial charge in [0.1, 0.15) is 11.5 Å². The van der Waals surface area contributed by atoms with Gasteiger partial charge in [-0.3, -0.25) is 4.79 Å². The first-order valence-corrected chi connectivity index (χ1v) is 7.77. The summed E-state index contributed by atoms with van der Waals surface area (Å²) in [5.74, 6) is 0.679. The summed E-state index contributed by atoms with van der Waals surface area (Å²) in [6, 6.07) is 4.54. The smallest absolute Gasteiger partial charge is 0.334 e. The zero-order valence-corrected chi connectivity index (χ0v) is 13.5. The molecule has 1 amide bonds. The maximum Gasteiger partial charge on any atom is 0.416 e. The van der Waals surface area contributed by atoms with Gasteiger partial charge in [0.15, 0.2) is 0 Å². The Morgan fingerprint density at radius 3 is 2.54 bits per heavy atom. The van der Waals surface area contributed by atoms with E-state index in [1.807, 2.05) is 4.57 Å². The van der Waals surface area contributed by atoms with Crippen LogP contribution in [0.25, 0.3) is 0 Å². The zero-order chi connectivity index (χ0) is 17.5. The van der Waals surface area contributed by atoms with Crippen LogP contribution in [0.15, 0.2) is 30.5 Å². The number of alkyl halides is 3. The van der Waals surface area contributed by atoms with Crippen molar-refractivity contribution in [2.45, 2.75) is 38.5 Å². The summed E-state index contributed by atoms with van der Waals surface area (Å²) in [4.78, 5) is 18.4. The molecule has 2 heterocycles. The summed E-state index contributed by atoms with van der Waals surface area (Å²) in [7, 11) is 1.63. The Hall–Kier alpha value is -2.31. The second kappa shape index (κ2) is 5.96. The van der Waals surface area contributed by atoms with Crippen molar-refractivity contribution < 1.29 is 18.0 Å². The van der Waals surface area contributed by atoms with Crippen molar-refractivity contribution in [1.82, 2.24) is 14.5 Å². The fraction of sp³-hybridized carbons (Fsp3) is 0.412. The number of fused-ring (bicyclic) bond motifs is 1. The Balaban J connectivity index is 1.75. The first-order valence-electron chi connectivity index (χ1n) is 7.77. The molecule has 3 rings (SSSR count). The second-order valence-electron chi connectivity index (χ2n) is 6.05. The number of carbonyl (C=O) groups excluding carboxylic acids is 1. The van der Waals surface area contributed by atoms with E-state index in [1.54, 1.807) is 20.2 Å². The number of hydrogen-bond donors (Lipinski definition) is 0. The van der Waals surface area contributed by atoms with Crippen molar-refractivity contribution in [3.05, 3.63) is 53.1 Å². The lowest BCUT2D eigenvalue weighted by Gasteiger charge is -2.25. The van der Waals surface area contributed by atoms with Crippen LogP contribution in [0.4, 0.5) is 13.2 Å². The third kappa shape index (κ3) is 3.02. The molecule has 0 fully saturated rings. The van der Waals surface area contributed by atoms with Gasteiger partial charge in [0, 0.05) is 26.2 Å². The average molecular weight is 337 g/mol. The van der Waals surface area contributed by atoms with Gasteiger partial charge in [0.25, 0.3) is 5.91 Å². The van der Waals surface area contributed by atoms with E-state index in [0.717, 1.165) is 37.3 Å². The number of hydrogen-bond acceptors (Lipinski definition) is 2. The molecule has 0 N–H and O–H groups in total. The fourth-order valence-corrected chi connectivity index (χ4v) is 2.89. The topological polar surface area (TPSA) is 38.1 Å². The van der Waals surface area contributed by atoms with Crippen molar-refractivity contribution in [2.24, 2.45) is 0 Å².